The monoisotopic (exact) mass is 289 g/mol. The summed E-state index contributed by atoms with van der Waals surface area (Å²) in [6, 6.07) is 5.39. The lowest BCUT2D eigenvalue weighted by atomic mass is 9.83. The number of nitrogens with two attached hydrogens (primary N) is 2. The van der Waals surface area contributed by atoms with E-state index in [0.717, 1.165) is 16.8 Å². The van der Waals surface area contributed by atoms with Crippen LogP contribution in [0.25, 0.3) is 0 Å². The maximum atomic E-state index is 12.5. The first-order valence-corrected chi connectivity index (χ1v) is 7.27. The van der Waals surface area contributed by atoms with Crippen molar-refractivity contribution in [3.63, 3.8) is 0 Å². The molecule has 2 amide bonds. The number of rotatable bonds is 3. The van der Waals surface area contributed by atoms with Crippen LogP contribution in [-0.2, 0) is 9.59 Å². The first-order chi connectivity index (χ1) is 9.81. The molecular formula is C16H23N3O2. The number of benzene rings is 1. The average Bonchev–Trinajstić information content (AvgIpc) is 2.49. The third-order valence-electron chi connectivity index (χ3n) is 4.09. The molecule has 1 aromatic carbocycles. The highest BCUT2D eigenvalue weighted by Crippen LogP contribution is 2.39. The van der Waals surface area contributed by atoms with Crippen molar-refractivity contribution in [1.29, 1.82) is 0 Å². The van der Waals surface area contributed by atoms with Crippen molar-refractivity contribution < 1.29 is 9.59 Å². The van der Waals surface area contributed by atoms with Crippen LogP contribution in [0.15, 0.2) is 18.2 Å². The molecule has 2 atom stereocenters. The second-order valence-corrected chi connectivity index (χ2v) is 6.15. The van der Waals surface area contributed by atoms with Crippen molar-refractivity contribution in [3.8, 4) is 0 Å². The molecule has 5 nitrogen and oxygen atoms in total. The zero-order valence-corrected chi connectivity index (χ0v) is 12.8. The van der Waals surface area contributed by atoms with Crippen LogP contribution in [0.2, 0.25) is 0 Å². The van der Waals surface area contributed by atoms with E-state index in [0.29, 0.717) is 12.3 Å². The second-order valence-electron chi connectivity index (χ2n) is 6.15. The molecule has 0 saturated carbocycles. The molecule has 2 unspecified atom stereocenters. The summed E-state index contributed by atoms with van der Waals surface area (Å²) in [5.74, 6) is -0.217. The lowest BCUT2D eigenvalue weighted by Crippen LogP contribution is -2.46. The predicted molar refractivity (Wildman–Crippen MR) is 82.9 cm³/mol. The summed E-state index contributed by atoms with van der Waals surface area (Å²) in [7, 11) is 0. The summed E-state index contributed by atoms with van der Waals surface area (Å²) < 4.78 is 0. The van der Waals surface area contributed by atoms with Crippen LogP contribution in [-0.4, -0.2) is 24.4 Å². The largest absolute Gasteiger partial charge is 0.368 e. The van der Waals surface area contributed by atoms with Gasteiger partial charge in [0.05, 0.1) is 6.04 Å². The first-order valence-electron chi connectivity index (χ1n) is 7.27. The summed E-state index contributed by atoms with van der Waals surface area (Å²) in [5.41, 5.74) is 14.2. The minimum atomic E-state index is -0.607. The molecule has 0 saturated heterocycles. The first kappa shape index (κ1) is 15.5. The summed E-state index contributed by atoms with van der Waals surface area (Å²) in [4.78, 5) is 25.3. The third-order valence-corrected chi connectivity index (χ3v) is 4.09. The van der Waals surface area contributed by atoms with Crippen molar-refractivity contribution in [2.24, 2.45) is 17.4 Å². The molecule has 1 aliphatic heterocycles. The Kier molecular flexibility index (Phi) is 4.32. The minimum absolute atomic E-state index is 0.131. The fourth-order valence-electron chi connectivity index (χ4n) is 2.97. The fourth-order valence-corrected chi connectivity index (χ4v) is 2.97. The number of anilines is 1. The quantitative estimate of drug-likeness (QED) is 0.878. The molecule has 2 rings (SSSR count). The number of primary amides is 1. The van der Waals surface area contributed by atoms with Gasteiger partial charge < -0.3 is 16.4 Å². The number of fused-ring (bicyclic) bond motifs is 1. The maximum absolute atomic E-state index is 12.5. The zero-order chi connectivity index (χ0) is 15.7. The van der Waals surface area contributed by atoms with Gasteiger partial charge in [-0.2, -0.15) is 0 Å². The van der Waals surface area contributed by atoms with Crippen LogP contribution in [0.3, 0.4) is 0 Å². The predicted octanol–water partition coefficient (Wildman–Crippen LogP) is 1.28. The van der Waals surface area contributed by atoms with Gasteiger partial charge in [-0.25, -0.2) is 0 Å². The molecule has 0 fully saturated rings. The van der Waals surface area contributed by atoms with Gasteiger partial charge in [0.1, 0.15) is 6.54 Å². The number of nitrogens with zero attached hydrogens (tertiary/aromatic N) is 1. The molecule has 0 aromatic heterocycles. The number of amides is 2. The Balaban J connectivity index is 2.59. The second kappa shape index (κ2) is 5.85. The van der Waals surface area contributed by atoms with E-state index in [2.05, 4.69) is 13.8 Å². The molecule has 0 radical (unpaired) electrons. The van der Waals surface area contributed by atoms with Crippen LogP contribution in [0.4, 0.5) is 5.69 Å². The Morgan fingerprint density at radius 3 is 2.67 bits per heavy atom. The van der Waals surface area contributed by atoms with E-state index in [1.54, 1.807) is 0 Å². The number of carbonyl (C=O) groups excluding carboxylic acids is 2. The highest BCUT2D eigenvalue weighted by molar-refractivity contribution is 6.02. The molecule has 0 aliphatic carbocycles. The highest BCUT2D eigenvalue weighted by atomic mass is 16.2. The topological polar surface area (TPSA) is 89.4 Å². The van der Waals surface area contributed by atoms with Gasteiger partial charge >= 0.3 is 0 Å². The number of carbonyl (C=O) groups is 2. The minimum Gasteiger partial charge on any atom is -0.368 e. The Bertz CT molecular complexity index is 569. The normalized spacial score (nSPS) is 22.1. The standard InChI is InChI=1S/C16H23N3O2/c1-9(2)12-7-13(17)16(21)19(8-15(18)20)14-6-10(3)4-5-11(12)14/h4-6,9,12-13H,7-8,17H2,1-3H3,(H2,18,20). The van der Waals surface area contributed by atoms with Crippen LogP contribution in [0, 0.1) is 12.8 Å². The summed E-state index contributed by atoms with van der Waals surface area (Å²) in [5, 5.41) is 0. The van der Waals surface area contributed by atoms with E-state index in [1.807, 2.05) is 25.1 Å². The Hall–Kier alpha value is -1.88. The van der Waals surface area contributed by atoms with E-state index < -0.39 is 11.9 Å². The van der Waals surface area contributed by atoms with E-state index in [9.17, 15) is 9.59 Å². The molecular weight excluding hydrogens is 266 g/mol. The van der Waals surface area contributed by atoms with Crippen LogP contribution in [0.1, 0.15) is 37.3 Å². The average molecular weight is 289 g/mol. The molecule has 5 heteroatoms. The molecule has 1 aliphatic rings. The number of hydrogen-bond acceptors (Lipinski definition) is 3. The Morgan fingerprint density at radius 2 is 2.10 bits per heavy atom. The Labute approximate surface area is 125 Å². The van der Waals surface area contributed by atoms with Crippen molar-refractivity contribution in [3.05, 3.63) is 29.3 Å². The lowest BCUT2D eigenvalue weighted by molar-refractivity contribution is -0.123. The van der Waals surface area contributed by atoms with Crippen molar-refractivity contribution in [1.82, 2.24) is 0 Å². The van der Waals surface area contributed by atoms with Gasteiger partial charge in [-0.15, -0.1) is 0 Å². The van der Waals surface area contributed by atoms with E-state index in [4.69, 9.17) is 11.5 Å². The SMILES string of the molecule is Cc1ccc2c(c1)N(CC(N)=O)C(=O)C(N)CC2C(C)C. The van der Waals surface area contributed by atoms with Gasteiger partial charge in [-0.1, -0.05) is 26.0 Å². The van der Waals surface area contributed by atoms with Gasteiger partial charge in [0.25, 0.3) is 0 Å². The summed E-state index contributed by atoms with van der Waals surface area (Å²) >= 11 is 0. The van der Waals surface area contributed by atoms with Crippen molar-refractivity contribution >= 4 is 17.5 Å². The summed E-state index contributed by atoms with van der Waals surface area (Å²) in [6.07, 6.45) is 0.585. The van der Waals surface area contributed by atoms with Crippen LogP contribution in [0.5, 0.6) is 0 Å². The zero-order valence-electron chi connectivity index (χ0n) is 12.8. The van der Waals surface area contributed by atoms with Gasteiger partial charge in [0.15, 0.2) is 0 Å². The molecule has 4 N–H and O–H groups in total. The molecule has 0 bridgehead atoms. The van der Waals surface area contributed by atoms with E-state index in [-0.39, 0.29) is 18.4 Å². The van der Waals surface area contributed by atoms with E-state index >= 15 is 0 Å². The Morgan fingerprint density at radius 1 is 1.43 bits per heavy atom. The molecule has 1 heterocycles. The van der Waals surface area contributed by atoms with Gasteiger partial charge in [-0.05, 0) is 42.4 Å². The summed E-state index contributed by atoms with van der Waals surface area (Å²) in [6.45, 7) is 6.07. The lowest BCUT2D eigenvalue weighted by Gasteiger charge is -2.25. The molecule has 114 valence electrons. The van der Waals surface area contributed by atoms with Gasteiger partial charge in [-0.3, -0.25) is 9.59 Å². The van der Waals surface area contributed by atoms with Gasteiger partial charge in [0, 0.05) is 5.69 Å². The number of aryl methyl sites for hydroxylation is 1. The van der Waals surface area contributed by atoms with Crippen molar-refractivity contribution in [2.75, 3.05) is 11.4 Å². The van der Waals surface area contributed by atoms with Crippen LogP contribution >= 0.6 is 0 Å². The fraction of sp³-hybridized carbons (Fsp3) is 0.500. The smallest absolute Gasteiger partial charge is 0.244 e. The number of hydrogen-bond donors (Lipinski definition) is 2. The van der Waals surface area contributed by atoms with E-state index in [1.165, 1.54) is 4.90 Å². The molecule has 21 heavy (non-hydrogen) atoms. The van der Waals surface area contributed by atoms with Gasteiger partial charge in [0.2, 0.25) is 11.8 Å². The van der Waals surface area contributed by atoms with Crippen LogP contribution < -0.4 is 16.4 Å². The maximum Gasteiger partial charge on any atom is 0.244 e. The highest BCUT2D eigenvalue weighted by Gasteiger charge is 2.34. The third kappa shape index (κ3) is 3.08. The molecule has 0 spiro atoms. The van der Waals surface area contributed by atoms with Crippen molar-refractivity contribution in [2.45, 2.75) is 39.2 Å². The molecule has 1 aromatic rings.